The zero-order valence-corrected chi connectivity index (χ0v) is 10.5. The first-order valence-electron chi connectivity index (χ1n) is 6.20. The fourth-order valence-corrected chi connectivity index (χ4v) is 1.78. The van der Waals surface area contributed by atoms with Crippen molar-refractivity contribution in [1.29, 1.82) is 0 Å². The lowest BCUT2D eigenvalue weighted by molar-refractivity contribution is -0.116. The highest BCUT2D eigenvalue weighted by Crippen LogP contribution is 2.07. The highest BCUT2D eigenvalue weighted by Gasteiger charge is 2.04. The zero-order valence-electron chi connectivity index (χ0n) is 10.5. The minimum Gasteiger partial charge on any atom is -0.311 e. The average Bonchev–Trinajstić information content (AvgIpc) is 2.40. The first-order valence-corrected chi connectivity index (χ1v) is 6.20. The number of anilines is 1. The number of amides is 1. The molecule has 1 heterocycles. The van der Waals surface area contributed by atoms with Crippen LogP contribution in [0.3, 0.4) is 0 Å². The lowest BCUT2D eigenvalue weighted by atomic mass is 10.1. The molecule has 0 aliphatic rings. The van der Waals surface area contributed by atoms with Gasteiger partial charge in [0.15, 0.2) is 0 Å². The molecule has 2 aromatic rings. The SMILES string of the molecule is O=C(CCCc1ccccc1)Nc1cccc(F)n1. The van der Waals surface area contributed by atoms with E-state index in [1.165, 1.54) is 17.7 Å². The first-order chi connectivity index (χ1) is 9.24. The van der Waals surface area contributed by atoms with Crippen molar-refractivity contribution < 1.29 is 9.18 Å². The maximum absolute atomic E-state index is 12.8. The van der Waals surface area contributed by atoms with Crippen molar-refractivity contribution in [2.24, 2.45) is 0 Å². The number of hydrogen-bond acceptors (Lipinski definition) is 2. The van der Waals surface area contributed by atoms with E-state index in [0.717, 1.165) is 12.8 Å². The predicted octanol–water partition coefficient (Wildman–Crippen LogP) is 3.18. The molecule has 1 aromatic heterocycles. The molecule has 0 fully saturated rings. The molecule has 2 rings (SSSR count). The Morgan fingerprint density at radius 3 is 2.63 bits per heavy atom. The van der Waals surface area contributed by atoms with Crippen LogP contribution in [0, 0.1) is 5.95 Å². The van der Waals surface area contributed by atoms with Crippen LogP contribution in [0.4, 0.5) is 10.2 Å². The van der Waals surface area contributed by atoms with Crippen LogP contribution in [0.5, 0.6) is 0 Å². The Bertz CT molecular complexity index is 543. The number of pyridine rings is 1. The zero-order chi connectivity index (χ0) is 13.5. The molecular weight excluding hydrogens is 243 g/mol. The molecule has 1 N–H and O–H groups in total. The van der Waals surface area contributed by atoms with Crippen molar-refractivity contribution in [3.8, 4) is 0 Å². The van der Waals surface area contributed by atoms with Gasteiger partial charge in [-0.25, -0.2) is 4.98 Å². The summed E-state index contributed by atoms with van der Waals surface area (Å²) >= 11 is 0. The third-order valence-electron chi connectivity index (χ3n) is 2.69. The van der Waals surface area contributed by atoms with E-state index in [0.29, 0.717) is 6.42 Å². The van der Waals surface area contributed by atoms with Crippen molar-refractivity contribution >= 4 is 11.7 Å². The second-order valence-electron chi connectivity index (χ2n) is 4.23. The molecule has 0 aliphatic carbocycles. The number of benzene rings is 1. The van der Waals surface area contributed by atoms with Gasteiger partial charge in [0.25, 0.3) is 0 Å². The molecule has 3 nitrogen and oxygen atoms in total. The maximum Gasteiger partial charge on any atom is 0.225 e. The number of aryl methyl sites for hydroxylation is 1. The molecule has 0 saturated carbocycles. The van der Waals surface area contributed by atoms with Gasteiger partial charge in [0.2, 0.25) is 11.9 Å². The monoisotopic (exact) mass is 258 g/mol. The fraction of sp³-hybridized carbons (Fsp3) is 0.200. The number of aromatic nitrogens is 1. The molecule has 4 heteroatoms. The van der Waals surface area contributed by atoms with Gasteiger partial charge in [-0.1, -0.05) is 36.4 Å². The summed E-state index contributed by atoms with van der Waals surface area (Å²) in [5.74, 6) is -0.485. The number of hydrogen-bond donors (Lipinski definition) is 1. The summed E-state index contributed by atoms with van der Waals surface area (Å²) in [6.45, 7) is 0. The van der Waals surface area contributed by atoms with Gasteiger partial charge in [0.1, 0.15) is 5.82 Å². The van der Waals surface area contributed by atoms with Gasteiger partial charge in [-0.3, -0.25) is 4.79 Å². The highest BCUT2D eigenvalue weighted by molar-refractivity contribution is 5.89. The second kappa shape index (κ2) is 6.64. The summed E-state index contributed by atoms with van der Waals surface area (Å²) in [5.41, 5.74) is 1.21. The predicted molar refractivity (Wildman–Crippen MR) is 72.2 cm³/mol. The smallest absolute Gasteiger partial charge is 0.225 e. The first kappa shape index (κ1) is 13.2. The number of carbonyl (C=O) groups excluding carboxylic acids is 1. The Morgan fingerprint density at radius 1 is 1.11 bits per heavy atom. The molecule has 0 aliphatic heterocycles. The summed E-state index contributed by atoms with van der Waals surface area (Å²) in [6.07, 6.45) is 2.00. The summed E-state index contributed by atoms with van der Waals surface area (Å²) < 4.78 is 12.8. The Morgan fingerprint density at radius 2 is 1.89 bits per heavy atom. The van der Waals surface area contributed by atoms with E-state index < -0.39 is 5.95 Å². The average molecular weight is 258 g/mol. The van der Waals surface area contributed by atoms with Crippen molar-refractivity contribution in [2.45, 2.75) is 19.3 Å². The number of halogens is 1. The maximum atomic E-state index is 12.8. The molecule has 0 saturated heterocycles. The summed E-state index contributed by atoms with van der Waals surface area (Å²) in [6, 6.07) is 14.3. The summed E-state index contributed by atoms with van der Waals surface area (Å²) in [7, 11) is 0. The van der Waals surface area contributed by atoms with Gasteiger partial charge in [-0.05, 0) is 30.5 Å². The number of nitrogens with one attached hydrogen (secondary N) is 1. The fourth-order valence-electron chi connectivity index (χ4n) is 1.78. The van der Waals surface area contributed by atoms with Crippen LogP contribution in [0.1, 0.15) is 18.4 Å². The van der Waals surface area contributed by atoms with Crippen LogP contribution in [0.15, 0.2) is 48.5 Å². The normalized spacial score (nSPS) is 10.2. The number of carbonyl (C=O) groups is 1. The third kappa shape index (κ3) is 4.50. The Labute approximate surface area is 111 Å². The van der Waals surface area contributed by atoms with Gasteiger partial charge in [0.05, 0.1) is 0 Å². The van der Waals surface area contributed by atoms with Crippen molar-refractivity contribution in [1.82, 2.24) is 4.98 Å². The molecule has 0 radical (unpaired) electrons. The minimum absolute atomic E-state index is 0.144. The highest BCUT2D eigenvalue weighted by atomic mass is 19.1. The lowest BCUT2D eigenvalue weighted by Gasteiger charge is -2.04. The second-order valence-corrected chi connectivity index (χ2v) is 4.23. The topological polar surface area (TPSA) is 42.0 Å². The van der Waals surface area contributed by atoms with Gasteiger partial charge in [-0.2, -0.15) is 4.39 Å². The van der Waals surface area contributed by atoms with Crippen molar-refractivity contribution in [2.75, 3.05) is 5.32 Å². The summed E-state index contributed by atoms with van der Waals surface area (Å²) in [4.78, 5) is 15.2. The van der Waals surface area contributed by atoms with Crippen molar-refractivity contribution in [3.05, 3.63) is 60.0 Å². The Balaban J connectivity index is 1.76. The molecule has 0 bridgehead atoms. The van der Waals surface area contributed by atoms with Crippen molar-refractivity contribution in [3.63, 3.8) is 0 Å². The van der Waals surface area contributed by atoms with Gasteiger partial charge < -0.3 is 5.32 Å². The molecule has 98 valence electrons. The Hall–Kier alpha value is -2.23. The van der Waals surface area contributed by atoms with Crippen LogP contribution in [-0.4, -0.2) is 10.9 Å². The molecule has 0 atom stereocenters. The molecule has 1 aromatic carbocycles. The number of rotatable bonds is 5. The van der Waals surface area contributed by atoms with Crippen LogP contribution in [0.2, 0.25) is 0 Å². The van der Waals surface area contributed by atoms with Crippen LogP contribution < -0.4 is 5.32 Å². The van der Waals surface area contributed by atoms with Gasteiger partial charge >= 0.3 is 0 Å². The minimum atomic E-state index is -0.595. The van der Waals surface area contributed by atoms with Crippen LogP contribution in [-0.2, 0) is 11.2 Å². The molecule has 19 heavy (non-hydrogen) atoms. The van der Waals surface area contributed by atoms with Crippen LogP contribution in [0.25, 0.3) is 0 Å². The largest absolute Gasteiger partial charge is 0.311 e. The quantitative estimate of drug-likeness (QED) is 0.837. The van der Waals surface area contributed by atoms with Gasteiger partial charge in [-0.15, -0.1) is 0 Å². The number of nitrogens with zero attached hydrogens (tertiary/aromatic N) is 1. The summed E-state index contributed by atoms with van der Waals surface area (Å²) in [5, 5.41) is 2.58. The van der Waals surface area contributed by atoms with E-state index in [1.54, 1.807) is 6.07 Å². The Kier molecular flexibility index (Phi) is 4.61. The molecular formula is C15H15FN2O. The van der Waals surface area contributed by atoms with E-state index in [-0.39, 0.29) is 11.7 Å². The third-order valence-corrected chi connectivity index (χ3v) is 2.69. The van der Waals surface area contributed by atoms with E-state index in [2.05, 4.69) is 10.3 Å². The molecule has 1 amide bonds. The van der Waals surface area contributed by atoms with E-state index >= 15 is 0 Å². The van der Waals surface area contributed by atoms with E-state index in [4.69, 9.17) is 0 Å². The lowest BCUT2D eigenvalue weighted by Crippen LogP contribution is -2.12. The van der Waals surface area contributed by atoms with E-state index in [1.807, 2.05) is 30.3 Å². The standard InChI is InChI=1S/C15H15FN2O/c16-13-9-5-10-14(17-13)18-15(19)11-4-8-12-6-2-1-3-7-12/h1-3,5-7,9-10H,4,8,11H2,(H,17,18,19). The van der Waals surface area contributed by atoms with Crippen LogP contribution >= 0.6 is 0 Å². The van der Waals surface area contributed by atoms with E-state index in [9.17, 15) is 9.18 Å². The van der Waals surface area contributed by atoms with Gasteiger partial charge in [0, 0.05) is 6.42 Å². The molecule has 0 unspecified atom stereocenters. The molecule has 0 spiro atoms.